The Morgan fingerprint density at radius 2 is 2.12 bits per heavy atom. The highest BCUT2D eigenvalue weighted by molar-refractivity contribution is 7.93. The highest BCUT2D eigenvalue weighted by atomic mass is 32.2. The molecule has 0 bridgehead atoms. The number of hydrogen-bond donors (Lipinski definition) is 2. The van der Waals surface area contributed by atoms with Crippen LogP contribution in [0.15, 0.2) is 24.3 Å². The topological polar surface area (TPSA) is 87.2 Å². The number of nitrogens with two attached hydrogens (primary N) is 1. The molecule has 0 saturated heterocycles. The van der Waals surface area contributed by atoms with Gasteiger partial charge in [-0.05, 0) is 25.0 Å². The van der Waals surface area contributed by atoms with Crippen molar-refractivity contribution >= 4 is 21.5 Å². The molecule has 3 N–H and O–H groups in total. The Balaban J connectivity index is 2.33. The maximum atomic E-state index is 12.0. The van der Waals surface area contributed by atoms with Crippen LogP contribution in [0.1, 0.15) is 18.4 Å². The van der Waals surface area contributed by atoms with Crippen molar-refractivity contribution in [3.8, 4) is 0 Å². The SMILES string of the molecule is CN(c1cccc(C(=N)N)c1)S(=O)(=O)C1CC1. The minimum Gasteiger partial charge on any atom is -0.384 e. The lowest BCUT2D eigenvalue weighted by atomic mass is 10.2. The summed E-state index contributed by atoms with van der Waals surface area (Å²) in [4.78, 5) is 0. The maximum Gasteiger partial charge on any atom is 0.237 e. The molecule has 2 rings (SSSR count). The first-order chi connectivity index (χ1) is 7.93. The van der Waals surface area contributed by atoms with Crippen LogP contribution in [0.4, 0.5) is 5.69 Å². The Bertz CT molecular complexity index is 550. The van der Waals surface area contributed by atoms with E-state index in [0.29, 0.717) is 11.3 Å². The summed E-state index contributed by atoms with van der Waals surface area (Å²) in [5, 5.41) is 7.09. The summed E-state index contributed by atoms with van der Waals surface area (Å²) in [6, 6.07) is 6.70. The second-order valence-electron chi connectivity index (χ2n) is 4.18. The first-order valence-corrected chi connectivity index (χ1v) is 6.85. The van der Waals surface area contributed by atoms with E-state index in [4.69, 9.17) is 11.1 Å². The van der Waals surface area contributed by atoms with Crippen LogP contribution in [0.2, 0.25) is 0 Å². The second kappa shape index (κ2) is 4.03. The van der Waals surface area contributed by atoms with Gasteiger partial charge in [-0.25, -0.2) is 8.42 Å². The minimum atomic E-state index is -3.24. The Labute approximate surface area is 101 Å². The van der Waals surface area contributed by atoms with E-state index >= 15 is 0 Å². The molecule has 0 unspecified atom stereocenters. The average Bonchev–Trinajstić information content (AvgIpc) is 3.12. The van der Waals surface area contributed by atoms with Crippen LogP contribution in [0.5, 0.6) is 0 Å². The lowest BCUT2D eigenvalue weighted by Gasteiger charge is -2.19. The summed E-state index contributed by atoms with van der Waals surface area (Å²) < 4.78 is 25.3. The zero-order valence-electron chi connectivity index (χ0n) is 9.55. The number of nitrogens with zero attached hydrogens (tertiary/aromatic N) is 1. The molecular weight excluding hydrogens is 238 g/mol. The second-order valence-corrected chi connectivity index (χ2v) is 6.42. The lowest BCUT2D eigenvalue weighted by Crippen LogP contribution is -2.30. The molecule has 0 spiro atoms. The third-order valence-corrected chi connectivity index (χ3v) is 5.14. The molecular formula is C11H15N3O2S. The van der Waals surface area contributed by atoms with Crippen LogP contribution in [0, 0.1) is 5.41 Å². The van der Waals surface area contributed by atoms with E-state index in [-0.39, 0.29) is 11.1 Å². The molecule has 1 aromatic rings. The number of nitrogen functional groups attached to an aromatic ring is 1. The van der Waals surface area contributed by atoms with Gasteiger partial charge in [-0.3, -0.25) is 9.71 Å². The van der Waals surface area contributed by atoms with E-state index in [2.05, 4.69) is 0 Å². The Morgan fingerprint density at radius 1 is 1.47 bits per heavy atom. The first-order valence-electron chi connectivity index (χ1n) is 5.35. The van der Waals surface area contributed by atoms with Gasteiger partial charge in [-0.2, -0.15) is 0 Å². The molecule has 1 fully saturated rings. The number of sulfonamides is 1. The molecule has 0 amide bonds. The molecule has 17 heavy (non-hydrogen) atoms. The number of hydrogen-bond acceptors (Lipinski definition) is 3. The summed E-state index contributed by atoms with van der Waals surface area (Å²) >= 11 is 0. The lowest BCUT2D eigenvalue weighted by molar-refractivity contribution is 0.593. The molecule has 0 aromatic heterocycles. The predicted molar refractivity (Wildman–Crippen MR) is 67.8 cm³/mol. The molecule has 5 nitrogen and oxygen atoms in total. The molecule has 1 aliphatic carbocycles. The van der Waals surface area contributed by atoms with Crippen molar-refractivity contribution in [1.82, 2.24) is 0 Å². The summed E-state index contributed by atoms with van der Waals surface area (Å²) in [5.41, 5.74) is 6.45. The number of nitrogens with one attached hydrogen (secondary N) is 1. The summed E-state index contributed by atoms with van der Waals surface area (Å²) in [5.74, 6) is -0.0657. The van der Waals surface area contributed by atoms with Crippen LogP contribution in [-0.4, -0.2) is 26.6 Å². The molecule has 0 radical (unpaired) electrons. The van der Waals surface area contributed by atoms with Crippen molar-refractivity contribution in [3.63, 3.8) is 0 Å². The van der Waals surface area contributed by atoms with E-state index in [1.54, 1.807) is 24.3 Å². The molecule has 0 aliphatic heterocycles. The van der Waals surface area contributed by atoms with Gasteiger partial charge in [-0.15, -0.1) is 0 Å². The fraction of sp³-hybridized carbons (Fsp3) is 0.364. The third kappa shape index (κ3) is 2.26. The van der Waals surface area contributed by atoms with Crippen molar-refractivity contribution in [1.29, 1.82) is 5.41 Å². The van der Waals surface area contributed by atoms with Crippen LogP contribution in [0.3, 0.4) is 0 Å². The zero-order valence-corrected chi connectivity index (χ0v) is 10.4. The van der Waals surface area contributed by atoms with Crippen LogP contribution in [0.25, 0.3) is 0 Å². The molecule has 92 valence electrons. The molecule has 0 heterocycles. The fourth-order valence-corrected chi connectivity index (χ4v) is 3.19. The van der Waals surface area contributed by atoms with E-state index < -0.39 is 10.0 Å². The van der Waals surface area contributed by atoms with E-state index in [1.165, 1.54) is 11.4 Å². The van der Waals surface area contributed by atoms with E-state index in [1.807, 2.05) is 0 Å². The molecule has 0 atom stereocenters. The van der Waals surface area contributed by atoms with Gasteiger partial charge in [0.2, 0.25) is 10.0 Å². The Morgan fingerprint density at radius 3 is 2.65 bits per heavy atom. The maximum absolute atomic E-state index is 12.0. The van der Waals surface area contributed by atoms with E-state index in [0.717, 1.165) is 12.8 Å². The number of anilines is 1. The molecule has 1 aromatic carbocycles. The zero-order chi connectivity index (χ0) is 12.6. The van der Waals surface area contributed by atoms with Gasteiger partial charge >= 0.3 is 0 Å². The number of benzene rings is 1. The fourth-order valence-electron chi connectivity index (χ4n) is 1.61. The Kier molecular flexibility index (Phi) is 2.82. The molecule has 6 heteroatoms. The standard InChI is InChI=1S/C11H15N3O2S/c1-14(17(15,16)10-5-6-10)9-4-2-3-8(7-9)11(12)13/h2-4,7,10H,5-6H2,1H3,(H3,12,13). The summed E-state index contributed by atoms with van der Waals surface area (Å²) in [6.07, 6.45) is 1.47. The van der Waals surface area contributed by atoms with Gasteiger partial charge in [0, 0.05) is 12.6 Å². The van der Waals surface area contributed by atoms with Crippen LogP contribution in [-0.2, 0) is 10.0 Å². The largest absolute Gasteiger partial charge is 0.384 e. The van der Waals surface area contributed by atoms with Crippen molar-refractivity contribution in [2.45, 2.75) is 18.1 Å². The van der Waals surface area contributed by atoms with Gasteiger partial charge in [0.15, 0.2) is 0 Å². The minimum absolute atomic E-state index is 0.0657. The average molecular weight is 253 g/mol. The van der Waals surface area contributed by atoms with Gasteiger partial charge in [-0.1, -0.05) is 12.1 Å². The van der Waals surface area contributed by atoms with Crippen molar-refractivity contribution in [3.05, 3.63) is 29.8 Å². The third-order valence-electron chi connectivity index (χ3n) is 2.85. The highest BCUT2D eigenvalue weighted by Crippen LogP contribution is 2.32. The first kappa shape index (κ1) is 11.9. The predicted octanol–water partition coefficient (Wildman–Crippen LogP) is 0.899. The van der Waals surface area contributed by atoms with Gasteiger partial charge in [0.25, 0.3) is 0 Å². The summed E-state index contributed by atoms with van der Waals surface area (Å²) in [7, 11) is -1.70. The highest BCUT2D eigenvalue weighted by Gasteiger charge is 2.38. The quantitative estimate of drug-likeness (QED) is 0.617. The molecule has 1 aliphatic rings. The van der Waals surface area contributed by atoms with Crippen LogP contribution < -0.4 is 10.0 Å². The van der Waals surface area contributed by atoms with Crippen LogP contribution >= 0.6 is 0 Å². The van der Waals surface area contributed by atoms with Gasteiger partial charge in [0.1, 0.15) is 5.84 Å². The van der Waals surface area contributed by atoms with Crippen molar-refractivity contribution < 1.29 is 8.42 Å². The van der Waals surface area contributed by atoms with E-state index in [9.17, 15) is 8.42 Å². The van der Waals surface area contributed by atoms with Gasteiger partial charge in [0.05, 0.1) is 10.9 Å². The Hall–Kier alpha value is -1.56. The smallest absolute Gasteiger partial charge is 0.237 e. The molecule has 1 saturated carbocycles. The van der Waals surface area contributed by atoms with Crippen molar-refractivity contribution in [2.75, 3.05) is 11.4 Å². The number of amidine groups is 1. The van der Waals surface area contributed by atoms with Crippen molar-refractivity contribution in [2.24, 2.45) is 5.73 Å². The summed E-state index contributed by atoms with van der Waals surface area (Å²) in [6.45, 7) is 0. The monoisotopic (exact) mass is 253 g/mol. The number of rotatable bonds is 4. The normalized spacial score (nSPS) is 15.6. The van der Waals surface area contributed by atoms with Gasteiger partial charge < -0.3 is 5.73 Å².